The highest BCUT2D eigenvalue weighted by molar-refractivity contribution is 6.07. The molecule has 0 spiro atoms. The fraction of sp³-hybridized carbons (Fsp3) is 0.231. The monoisotopic (exact) mass is 468 g/mol. The lowest BCUT2D eigenvalue weighted by molar-refractivity contribution is -0.143. The number of hydrogen-bond donors (Lipinski definition) is 4. The Labute approximate surface area is 197 Å². The number of benzene rings is 2. The Morgan fingerprint density at radius 3 is 2.24 bits per heavy atom. The Morgan fingerprint density at radius 2 is 1.59 bits per heavy atom. The number of carbonyl (C=O) groups excluding carboxylic acids is 2. The van der Waals surface area contributed by atoms with Crippen molar-refractivity contribution in [1.82, 2.24) is 0 Å². The molecule has 2 aromatic rings. The normalized spacial score (nSPS) is 12.1. The first kappa shape index (κ1) is 26.2. The molecule has 34 heavy (non-hydrogen) atoms. The molecule has 0 bridgehead atoms. The summed E-state index contributed by atoms with van der Waals surface area (Å²) in [5.41, 5.74) is 1.49. The van der Waals surface area contributed by atoms with E-state index in [-0.39, 0.29) is 54.6 Å². The van der Waals surface area contributed by atoms with Gasteiger partial charge >= 0.3 is 5.97 Å². The summed E-state index contributed by atoms with van der Waals surface area (Å²) in [5, 5.41) is 39.3. The number of hydrogen-bond acceptors (Lipinski definition) is 8. The van der Waals surface area contributed by atoms with Gasteiger partial charge in [-0.15, -0.1) is 0 Å². The Hall–Kier alpha value is -4.04. The quantitative estimate of drug-likeness (QED) is 0.168. The summed E-state index contributed by atoms with van der Waals surface area (Å²) in [6.45, 7) is 1.52. The highest BCUT2D eigenvalue weighted by Crippen LogP contribution is 2.27. The number of rotatable bonds is 11. The molecule has 0 aromatic heterocycles. The van der Waals surface area contributed by atoms with Crippen LogP contribution in [-0.4, -0.2) is 45.9 Å². The second-order valence-electron chi connectivity index (χ2n) is 7.18. The van der Waals surface area contributed by atoms with Gasteiger partial charge in [0, 0.05) is 17.6 Å². The number of esters is 1. The summed E-state index contributed by atoms with van der Waals surface area (Å²) >= 11 is 0. The van der Waals surface area contributed by atoms with E-state index in [0.29, 0.717) is 16.7 Å². The lowest BCUT2D eigenvalue weighted by atomic mass is 10.0. The first-order valence-electron chi connectivity index (χ1n) is 10.6. The molecule has 0 radical (unpaired) electrons. The van der Waals surface area contributed by atoms with Gasteiger partial charge in [-0.3, -0.25) is 9.59 Å². The smallest absolute Gasteiger partial charge is 0.306 e. The van der Waals surface area contributed by atoms with Crippen LogP contribution in [0.3, 0.4) is 0 Å². The molecule has 0 aliphatic rings. The molecule has 0 aliphatic carbocycles. The highest BCUT2D eigenvalue weighted by atomic mass is 16.5. The number of ether oxygens (including phenoxy) is 2. The van der Waals surface area contributed by atoms with Crippen LogP contribution in [0.2, 0.25) is 0 Å². The van der Waals surface area contributed by atoms with Crippen molar-refractivity contribution >= 4 is 23.9 Å². The molecule has 2 rings (SSSR count). The van der Waals surface area contributed by atoms with Crippen LogP contribution >= 0.6 is 0 Å². The third kappa shape index (κ3) is 7.53. The Bertz CT molecular complexity index is 1110. The Kier molecular flexibility index (Phi) is 9.91. The maximum absolute atomic E-state index is 12.9. The lowest BCUT2D eigenvalue weighted by Crippen LogP contribution is -2.08. The van der Waals surface area contributed by atoms with Crippen LogP contribution in [0.4, 0.5) is 0 Å². The van der Waals surface area contributed by atoms with E-state index in [0.717, 1.165) is 0 Å². The SMILES string of the molecule is CCOC(=O)CC/C(C(=O)/C=C/c1ccc(O)c(OC)c1)=C(O)\C=C\c1ccc(O)c(CO)c1. The van der Waals surface area contributed by atoms with Gasteiger partial charge in [0.1, 0.15) is 11.5 Å². The van der Waals surface area contributed by atoms with E-state index in [9.17, 15) is 30.0 Å². The van der Waals surface area contributed by atoms with Crippen LogP contribution in [0.15, 0.2) is 59.9 Å². The van der Waals surface area contributed by atoms with Gasteiger partial charge in [-0.2, -0.15) is 0 Å². The summed E-state index contributed by atoms with van der Waals surface area (Å²) in [5.74, 6) is -1.19. The summed E-state index contributed by atoms with van der Waals surface area (Å²) in [6.07, 6.45) is 5.43. The minimum Gasteiger partial charge on any atom is -0.508 e. The van der Waals surface area contributed by atoms with Crippen LogP contribution in [0.1, 0.15) is 36.5 Å². The fourth-order valence-corrected chi connectivity index (χ4v) is 3.02. The van der Waals surface area contributed by atoms with E-state index >= 15 is 0 Å². The van der Waals surface area contributed by atoms with E-state index in [1.165, 1.54) is 49.6 Å². The maximum atomic E-state index is 12.9. The van der Waals surface area contributed by atoms with Crippen LogP contribution in [0.25, 0.3) is 12.2 Å². The molecule has 8 heteroatoms. The van der Waals surface area contributed by atoms with Gasteiger partial charge < -0.3 is 29.9 Å². The van der Waals surface area contributed by atoms with Crippen LogP contribution in [-0.2, 0) is 20.9 Å². The van der Waals surface area contributed by atoms with Crippen molar-refractivity contribution in [1.29, 1.82) is 0 Å². The van der Waals surface area contributed by atoms with Gasteiger partial charge in [-0.05, 0) is 60.9 Å². The van der Waals surface area contributed by atoms with Crippen molar-refractivity contribution in [3.05, 3.63) is 76.6 Å². The first-order chi connectivity index (χ1) is 16.3. The molecule has 4 N–H and O–H groups in total. The van der Waals surface area contributed by atoms with E-state index in [1.54, 1.807) is 25.1 Å². The predicted molar refractivity (Wildman–Crippen MR) is 127 cm³/mol. The second kappa shape index (κ2) is 12.9. The van der Waals surface area contributed by atoms with Gasteiger partial charge in [0.05, 0.1) is 20.3 Å². The molecular formula is C26H28O8. The topological polar surface area (TPSA) is 134 Å². The number of phenols is 2. The van der Waals surface area contributed by atoms with Crippen molar-refractivity contribution in [2.45, 2.75) is 26.4 Å². The van der Waals surface area contributed by atoms with Gasteiger partial charge in [0.2, 0.25) is 0 Å². The van der Waals surface area contributed by atoms with Crippen molar-refractivity contribution in [3.8, 4) is 17.2 Å². The third-order valence-corrected chi connectivity index (χ3v) is 4.83. The molecule has 0 saturated carbocycles. The van der Waals surface area contributed by atoms with Gasteiger partial charge in [-0.25, -0.2) is 0 Å². The molecular weight excluding hydrogens is 440 g/mol. The van der Waals surface area contributed by atoms with Gasteiger partial charge in [0.15, 0.2) is 17.3 Å². The molecule has 0 amide bonds. The second-order valence-corrected chi connectivity index (χ2v) is 7.18. The zero-order valence-electron chi connectivity index (χ0n) is 19.0. The summed E-state index contributed by atoms with van der Waals surface area (Å²) < 4.78 is 9.96. The van der Waals surface area contributed by atoms with Crippen molar-refractivity contribution in [2.75, 3.05) is 13.7 Å². The molecule has 0 fully saturated rings. The van der Waals surface area contributed by atoms with Crippen LogP contribution < -0.4 is 4.74 Å². The first-order valence-corrected chi connectivity index (χ1v) is 10.6. The number of methoxy groups -OCH3 is 1. The molecule has 0 heterocycles. The number of carbonyl (C=O) groups is 2. The number of aromatic hydroxyl groups is 2. The van der Waals surface area contributed by atoms with Crippen molar-refractivity contribution in [3.63, 3.8) is 0 Å². The molecule has 0 atom stereocenters. The van der Waals surface area contributed by atoms with Gasteiger partial charge in [-0.1, -0.05) is 24.3 Å². The summed E-state index contributed by atoms with van der Waals surface area (Å²) in [4.78, 5) is 24.7. The minimum atomic E-state index is -0.514. The van der Waals surface area contributed by atoms with E-state index in [1.807, 2.05) is 0 Å². The Balaban J connectivity index is 2.32. The summed E-state index contributed by atoms with van der Waals surface area (Å²) in [6, 6.07) is 9.09. The number of phenolic OH excluding ortho intramolecular Hbond substituents is 1. The van der Waals surface area contributed by atoms with Crippen LogP contribution in [0, 0.1) is 0 Å². The predicted octanol–water partition coefficient (Wildman–Crippen LogP) is 4.05. The minimum absolute atomic E-state index is 0.00690. The number of aliphatic hydroxyl groups excluding tert-OH is 2. The van der Waals surface area contributed by atoms with E-state index < -0.39 is 11.8 Å². The van der Waals surface area contributed by atoms with Gasteiger partial charge in [0.25, 0.3) is 0 Å². The highest BCUT2D eigenvalue weighted by Gasteiger charge is 2.15. The number of allylic oxidation sites excluding steroid dienone is 3. The molecule has 0 saturated heterocycles. The molecule has 8 nitrogen and oxygen atoms in total. The van der Waals surface area contributed by atoms with E-state index in [2.05, 4.69) is 0 Å². The summed E-state index contributed by atoms with van der Waals surface area (Å²) in [7, 11) is 1.41. The van der Waals surface area contributed by atoms with Crippen molar-refractivity contribution in [2.24, 2.45) is 0 Å². The van der Waals surface area contributed by atoms with Crippen molar-refractivity contribution < 1.29 is 39.5 Å². The van der Waals surface area contributed by atoms with E-state index in [4.69, 9.17) is 9.47 Å². The Morgan fingerprint density at radius 1 is 0.941 bits per heavy atom. The average Bonchev–Trinajstić information content (AvgIpc) is 2.83. The zero-order valence-corrected chi connectivity index (χ0v) is 19.0. The average molecular weight is 469 g/mol. The third-order valence-electron chi connectivity index (χ3n) is 4.83. The largest absolute Gasteiger partial charge is 0.508 e. The number of aliphatic hydroxyl groups is 2. The lowest BCUT2D eigenvalue weighted by Gasteiger charge is -2.07. The standard InChI is InChI=1S/C26H28O8/c1-3-34-26(32)13-8-20(22(29)10-5-17-4-9-21(28)19(14-17)16-27)23(30)11-6-18-7-12-24(31)25(15-18)33-2/h4-7,9-12,14-15,27-29,31H,3,8,13,16H2,1-2H3/b10-5+,11-6+,22-20-. The molecule has 180 valence electrons. The fourth-order valence-electron chi connectivity index (χ4n) is 3.02. The zero-order chi connectivity index (χ0) is 25.1. The molecule has 0 unspecified atom stereocenters. The number of ketones is 1. The molecule has 0 aliphatic heterocycles. The maximum Gasteiger partial charge on any atom is 0.306 e. The van der Waals surface area contributed by atoms with Crippen LogP contribution in [0.5, 0.6) is 17.2 Å². The molecule has 2 aromatic carbocycles.